The molecule has 0 saturated heterocycles. The van der Waals surface area contributed by atoms with Crippen LogP contribution in [0.4, 0.5) is 5.69 Å². The number of fused-ring (bicyclic) bond motifs is 1. The van der Waals surface area contributed by atoms with E-state index in [1.165, 1.54) is 22.7 Å². The van der Waals surface area contributed by atoms with Gasteiger partial charge in [0.1, 0.15) is 0 Å². The Bertz CT molecular complexity index is 571. The first kappa shape index (κ1) is 8.90. The van der Waals surface area contributed by atoms with Crippen LogP contribution in [0.5, 0.6) is 0 Å². The maximum absolute atomic E-state index is 11.3. The SMILES string of the molecule is O=c1[nH]n(P)c2ccc([N+](=O)[O-])cc12. The predicted molar refractivity (Wildman–Crippen MR) is 54.3 cm³/mol. The lowest BCUT2D eigenvalue weighted by atomic mass is 10.2. The van der Waals surface area contributed by atoms with E-state index in [-0.39, 0.29) is 11.2 Å². The Balaban J connectivity index is 2.84. The summed E-state index contributed by atoms with van der Waals surface area (Å²) in [4.78, 5) is 21.2. The van der Waals surface area contributed by atoms with Crippen molar-refractivity contribution in [2.45, 2.75) is 0 Å². The van der Waals surface area contributed by atoms with Gasteiger partial charge >= 0.3 is 0 Å². The fourth-order valence-corrected chi connectivity index (χ4v) is 1.60. The van der Waals surface area contributed by atoms with Crippen LogP contribution in [0.3, 0.4) is 0 Å². The zero-order valence-electron chi connectivity index (χ0n) is 6.93. The van der Waals surface area contributed by atoms with E-state index >= 15 is 0 Å². The second-order valence-corrected chi connectivity index (χ2v) is 3.29. The smallest absolute Gasteiger partial charge is 0.270 e. The van der Waals surface area contributed by atoms with Gasteiger partial charge in [-0.05, 0) is 15.5 Å². The van der Waals surface area contributed by atoms with E-state index in [2.05, 4.69) is 14.5 Å². The molecule has 0 fully saturated rings. The first-order valence-corrected chi connectivity index (χ1v) is 4.25. The molecule has 0 aliphatic heterocycles. The normalized spacial score (nSPS) is 10.6. The summed E-state index contributed by atoms with van der Waals surface area (Å²) in [7, 11) is 2.30. The van der Waals surface area contributed by atoms with Gasteiger partial charge in [-0.1, -0.05) is 0 Å². The van der Waals surface area contributed by atoms with Crippen molar-refractivity contribution in [1.29, 1.82) is 0 Å². The fourth-order valence-electron chi connectivity index (χ4n) is 1.26. The van der Waals surface area contributed by atoms with Gasteiger partial charge in [0, 0.05) is 12.1 Å². The second kappa shape index (κ2) is 2.92. The van der Waals surface area contributed by atoms with Crippen LogP contribution >= 0.6 is 9.39 Å². The number of benzene rings is 1. The van der Waals surface area contributed by atoms with Crippen LogP contribution in [0.25, 0.3) is 10.9 Å². The lowest BCUT2D eigenvalue weighted by Gasteiger charge is -1.93. The number of rotatable bonds is 1. The molecular formula is C7H6N3O3P. The average Bonchev–Trinajstić information content (AvgIpc) is 2.42. The maximum Gasteiger partial charge on any atom is 0.272 e. The van der Waals surface area contributed by atoms with Gasteiger partial charge in [-0.2, -0.15) is 0 Å². The summed E-state index contributed by atoms with van der Waals surface area (Å²) in [6.07, 6.45) is 0. The van der Waals surface area contributed by atoms with Crippen LogP contribution in [0, 0.1) is 10.1 Å². The number of non-ortho nitro benzene ring substituents is 1. The van der Waals surface area contributed by atoms with E-state index in [4.69, 9.17) is 0 Å². The number of aromatic amines is 1. The van der Waals surface area contributed by atoms with Gasteiger partial charge in [0.2, 0.25) is 0 Å². The third kappa shape index (κ3) is 1.20. The van der Waals surface area contributed by atoms with E-state index in [1.807, 2.05) is 0 Å². The van der Waals surface area contributed by atoms with Gasteiger partial charge in [-0.3, -0.25) is 24.5 Å². The highest BCUT2D eigenvalue weighted by Crippen LogP contribution is 2.18. The van der Waals surface area contributed by atoms with Crippen molar-refractivity contribution in [2.24, 2.45) is 0 Å². The number of hydrogen-bond acceptors (Lipinski definition) is 3. The fraction of sp³-hybridized carbons (Fsp3) is 0. The minimum Gasteiger partial charge on any atom is -0.270 e. The van der Waals surface area contributed by atoms with Crippen molar-refractivity contribution < 1.29 is 4.92 Å². The molecule has 1 heterocycles. The van der Waals surface area contributed by atoms with Gasteiger partial charge in [0.15, 0.2) is 0 Å². The van der Waals surface area contributed by atoms with Gasteiger partial charge in [-0.15, -0.1) is 0 Å². The minimum absolute atomic E-state index is 0.0841. The van der Waals surface area contributed by atoms with Crippen molar-refractivity contribution in [2.75, 3.05) is 0 Å². The quantitative estimate of drug-likeness (QED) is 0.431. The van der Waals surface area contributed by atoms with E-state index < -0.39 is 4.92 Å². The predicted octanol–water partition coefficient (Wildman–Crippen LogP) is 0.876. The number of nitrogens with zero attached hydrogens (tertiary/aromatic N) is 2. The Hall–Kier alpha value is -1.68. The average molecular weight is 211 g/mol. The summed E-state index contributed by atoms with van der Waals surface area (Å²) in [6, 6.07) is 4.14. The van der Waals surface area contributed by atoms with Crippen molar-refractivity contribution in [3.63, 3.8) is 0 Å². The number of hydrogen-bond donors (Lipinski definition) is 1. The van der Waals surface area contributed by atoms with E-state index in [0.29, 0.717) is 10.9 Å². The Labute approximate surface area is 79.9 Å². The van der Waals surface area contributed by atoms with Crippen LogP contribution < -0.4 is 5.56 Å². The number of nitro benzene ring substituents is 1. The molecule has 0 spiro atoms. The molecule has 1 N–H and O–H groups in total. The standard InChI is InChI=1S/C7H6N3O3P/c11-7-5-3-4(10(12)13)1-2-6(5)9(14)8-7/h1-3H,14H2,(H,8,11). The molecule has 0 saturated carbocycles. The van der Waals surface area contributed by atoms with Crippen LogP contribution in [0.2, 0.25) is 0 Å². The first-order chi connectivity index (χ1) is 6.59. The third-order valence-corrected chi connectivity index (χ3v) is 2.32. The van der Waals surface area contributed by atoms with Crippen molar-refractivity contribution in [3.05, 3.63) is 38.7 Å². The molecule has 1 aromatic carbocycles. The number of nitrogens with one attached hydrogen (secondary N) is 1. The zero-order chi connectivity index (χ0) is 10.3. The van der Waals surface area contributed by atoms with E-state index in [1.54, 1.807) is 0 Å². The molecule has 0 bridgehead atoms. The van der Waals surface area contributed by atoms with Crippen LogP contribution in [0.1, 0.15) is 0 Å². The first-order valence-electron chi connectivity index (χ1n) is 3.74. The molecule has 0 aliphatic rings. The van der Waals surface area contributed by atoms with Gasteiger partial charge in [0.05, 0.1) is 15.8 Å². The molecular weight excluding hydrogens is 205 g/mol. The summed E-state index contributed by atoms with van der Waals surface area (Å²) >= 11 is 0. The molecule has 0 radical (unpaired) electrons. The molecule has 0 amide bonds. The number of H-pyrrole nitrogens is 1. The monoisotopic (exact) mass is 211 g/mol. The van der Waals surface area contributed by atoms with Crippen LogP contribution in [0.15, 0.2) is 23.0 Å². The minimum atomic E-state index is -0.529. The Morgan fingerprint density at radius 3 is 2.86 bits per heavy atom. The Morgan fingerprint density at radius 1 is 1.50 bits per heavy atom. The summed E-state index contributed by atoms with van der Waals surface area (Å²) < 4.78 is 1.45. The molecule has 2 rings (SSSR count). The Kier molecular flexibility index (Phi) is 1.86. The molecule has 1 atom stereocenters. The zero-order valence-corrected chi connectivity index (χ0v) is 8.08. The molecule has 1 unspecified atom stereocenters. The molecule has 72 valence electrons. The molecule has 1 aromatic heterocycles. The summed E-state index contributed by atoms with van der Waals surface area (Å²) in [6.45, 7) is 0. The Morgan fingerprint density at radius 2 is 2.21 bits per heavy atom. The number of aromatic nitrogens is 2. The number of nitro groups is 1. The molecule has 14 heavy (non-hydrogen) atoms. The highest BCUT2D eigenvalue weighted by molar-refractivity contribution is 7.14. The van der Waals surface area contributed by atoms with Crippen LogP contribution in [-0.4, -0.2) is 14.5 Å². The lowest BCUT2D eigenvalue weighted by molar-refractivity contribution is -0.384. The summed E-state index contributed by atoms with van der Waals surface area (Å²) in [5.74, 6) is 0. The largest absolute Gasteiger partial charge is 0.272 e. The third-order valence-electron chi connectivity index (χ3n) is 1.92. The van der Waals surface area contributed by atoms with Crippen molar-refractivity contribution >= 4 is 26.0 Å². The summed E-state index contributed by atoms with van der Waals surface area (Å²) in [5.41, 5.74) is 0.198. The van der Waals surface area contributed by atoms with Gasteiger partial charge in [-0.25, -0.2) is 0 Å². The highest BCUT2D eigenvalue weighted by atomic mass is 31.0. The maximum atomic E-state index is 11.3. The highest BCUT2D eigenvalue weighted by Gasteiger charge is 2.10. The van der Waals surface area contributed by atoms with Gasteiger partial charge < -0.3 is 0 Å². The van der Waals surface area contributed by atoms with E-state index in [9.17, 15) is 14.9 Å². The second-order valence-electron chi connectivity index (χ2n) is 2.77. The van der Waals surface area contributed by atoms with Gasteiger partial charge in [0.25, 0.3) is 11.2 Å². The van der Waals surface area contributed by atoms with Crippen molar-refractivity contribution in [1.82, 2.24) is 9.55 Å². The van der Waals surface area contributed by atoms with Crippen LogP contribution in [-0.2, 0) is 0 Å². The molecule has 2 aromatic rings. The van der Waals surface area contributed by atoms with Crippen molar-refractivity contribution in [3.8, 4) is 0 Å². The molecule has 6 nitrogen and oxygen atoms in total. The topological polar surface area (TPSA) is 80.9 Å². The summed E-state index contributed by atoms with van der Waals surface area (Å²) in [5, 5.41) is 13.2. The van der Waals surface area contributed by atoms with E-state index in [0.717, 1.165) is 0 Å². The molecule has 7 heteroatoms. The lowest BCUT2D eigenvalue weighted by Crippen LogP contribution is -1.99. The molecule has 0 aliphatic carbocycles.